The van der Waals surface area contributed by atoms with Crippen molar-refractivity contribution in [2.45, 2.75) is 6.92 Å². The number of nitrogens with one attached hydrogen (secondary N) is 1. The molecule has 0 atom stereocenters. The number of hydrazone groups is 1. The molecule has 0 saturated carbocycles. The van der Waals surface area contributed by atoms with E-state index in [1.807, 2.05) is 49.3 Å². The van der Waals surface area contributed by atoms with Gasteiger partial charge < -0.3 is 15.4 Å². The highest BCUT2D eigenvalue weighted by molar-refractivity contribution is 6.01. The first-order valence-corrected chi connectivity index (χ1v) is 10.9. The topological polar surface area (TPSA) is 150 Å². The smallest absolute Gasteiger partial charge is 0.294 e. The lowest BCUT2D eigenvalue weighted by molar-refractivity contribution is 0.0950. The van der Waals surface area contributed by atoms with Crippen LogP contribution in [0.2, 0.25) is 0 Å². The van der Waals surface area contributed by atoms with Crippen molar-refractivity contribution in [3.63, 3.8) is 0 Å². The fourth-order valence-electron chi connectivity index (χ4n) is 3.28. The van der Waals surface area contributed by atoms with E-state index in [1.165, 1.54) is 4.68 Å². The van der Waals surface area contributed by atoms with Crippen molar-refractivity contribution < 1.29 is 14.2 Å². The lowest BCUT2D eigenvalue weighted by Gasteiger charge is -2.11. The zero-order valence-corrected chi connectivity index (χ0v) is 20.2. The number of nitrogens with zero attached hydrogens (tertiary/aromatic N) is 7. The number of benzene rings is 2. The number of methoxy groups -OCH3 is 1. The standard InChI is InChI=1S/C24H25N9O3/c1-15(8-9-16-10-12-18(13-11-16)32(2)3)26-28-24(34)20-21(17-6-5-7-19(14-17)35-4)33(31-27-20)23-22(25)29-36-30-23/h5-14H,1-4H3,(H2,25,29)(H,28,34)/b9-8+,26-15-. The Kier molecular flexibility index (Phi) is 7.04. The van der Waals surface area contributed by atoms with E-state index >= 15 is 0 Å². The Balaban J connectivity index is 1.59. The molecule has 0 aliphatic carbocycles. The van der Waals surface area contributed by atoms with Crippen LogP contribution in [0.1, 0.15) is 23.0 Å². The molecule has 0 radical (unpaired) electrons. The van der Waals surface area contributed by atoms with Crippen molar-refractivity contribution in [2.75, 3.05) is 31.8 Å². The first-order chi connectivity index (χ1) is 17.4. The van der Waals surface area contributed by atoms with E-state index < -0.39 is 5.91 Å². The van der Waals surface area contributed by atoms with Crippen molar-refractivity contribution in [2.24, 2.45) is 5.10 Å². The summed E-state index contributed by atoms with van der Waals surface area (Å²) in [5.74, 6) is 0.101. The van der Waals surface area contributed by atoms with Crippen LogP contribution in [0.25, 0.3) is 23.2 Å². The maximum atomic E-state index is 13.1. The van der Waals surface area contributed by atoms with Gasteiger partial charge >= 0.3 is 0 Å². The molecule has 184 valence electrons. The van der Waals surface area contributed by atoms with Gasteiger partial charge in [0.25, 0.3) is 5.91 Å². The van der Waals surface area contributed by atoms with Crippen LogP contribution in [0, 0.1) is 0 Å². The molecule has 0 bridgehead atoms. The van der Waals surface area contributed by atoms with Crippen molar-refractivity contribution in [1.82, 2.24) is 30.7 Å². The van der Waals surface area contributed by atoms with Gasteiger partial charge in [-0.15, -0.1) is 5.10 Å². The molecule has 0 aliphatic rings. The predicted molar refractivity (Wildman–Crippen MR) is 136 cm³/mol. The summed E-state index contributed by atoms with van der Waals surface area (Å²) in [5, 5.41) is 19.6. The molecule has 2 heterocycles. The molecule has 0 fully saturated rings. The highest BCUT2D eigenvalue weighted by Gasteiger charge is 2.25. The summed E-state index contributed by atoms with van der Waals surface area (Å²) in [6.07, 6.45) is 3.70. The molecule has 0 saturated heterocycles. The maximum Gasteiger partial charge on any atom is 0.294 e. The van der Waals surface area contributed by atoms with Crippen molar-refractivity contribution in [3.05, 3.63) is 65.9 Å². The van der Waals surface area contributed by atoms with E-state index in [0.29, 0.717) is 22.7 Å². The fourth-order valence-corrected chi connectivity index (χ4v) is 3.28. The zero-order chi connectivity index (χ0) is 25.7. The second-order valence-corrected chi connectivity index (χ2v) is 7.92. The summed E-state index contributed by atoms with van der Waals surface area (Å²) in [6.45, 7) is 1.77. The number of amides is 1. The van der Waals surface area contributed by atoms with Gasteiger partial charge in [0, 0.05) is 25.3 Å². The summed E-state index contributed by atoms with van der Waals surface area (Å²) >= 11 is 0. The quantitative estimate of drug-likeness (QED) is 0.282. The minimum absolute atomic E-state index is 0.00505. The Bertz CT molecular complexity index is 1420. The SMILES string of the molecule is COc1cccc(-c2c(C(=O)N/N=C(C)\C=C\c3ccc(N(C)C)cc3)nnn2-c2nonc2N)c1. The van der Waals surface area contributed by atoms with Gasteiger partial charge in [0.15, 0.2) is 5.69 Å². The van der Waals surface area contributed by atoms with Gasteiger partial charge in [-0.3, -0.25) is 4.79 Å². The lowest BCUT2D eigenvalue weighted by Crippen LogP contribution is -2.20. The van der Waals surface area contributed by atoms with Gasteiger partial charge in [-0.05, 0) is 53.1 Å². The first-order valence-electron chi connectivity index (χ1n) is 10.9. The molecule has 12 nitrogen and oxygen atoms in total. The number of nitrogens with two attached hydrogens (primary N) is 1. The molecule has 4 rings (SSSR count). The highest BCUT2D eigenvalue weighted by Crippen LogP contribution is 2.29. The summed E-state index contributed by atoms with van der Waals surface area (Å²) < 4.78 is 11.3. The van der Waals surface area contributed by atoms with E-state index in [9.17, 15) is 4.79 Å². The average Bonchev–Trinajstić information content (AvgIpc) is 3.52. The number of carbonyl (C=O) groups is 1. The van der Waals surface area contributed by atoms with Gasteiger partial charge in [-0.2, -0.15) is 9.78 Å². The number of aromatic nitrogens is 5. The normalized spacial score (nSPS) is 11.6. The third kappa shape index (κ3) is 5.22. The molecule has 0 aliphatic heterocycles. The fraction of sp³-hybridized carbons (Fsp3) is 0.167. The molecule has 0 unspecified atom stereocenters. The Morgan fingerprint density at radius 3 is 2.64 bits per heavy atom. The molecule has 3 N–H and O–H groups in total. The van der Waals surface area contributed by atoms with E-state index in [2.05, 4.69) is 31.2 Å². The van der Waals surface area contributed by atoms with Crippen molar-refractivity contribution in [3.8, 4) is 22.8 Å². The molecular weight excluding hydrogens is 462 g/mol. The summed E-state index contributed by atoms with van der Waals surface area (Å²) in [7, 11) is 5.52. The molecular formula is C24H25N9O3. The number of carbonyl (C=O) groups excluding carboxylic acids is 1. The number of nitrogen functional groups attached to an aromatic ring is 1. The minimum atomic E-state index is -0.572. The second-order valence-electron chi connectivity index (χ2n) is 7.92. The second kappa shape index (κ2) is 10.5. The third-order valence-corrected chi connectivity index (χ3v) is 5.18. The number of allylic oxidation sites excluding steroid dienone is 1. The van der Waals surface area contributed by atoms with E-state index in [0.717, 1.165) is 11.3 Å². The molecule has 36 heavy (non-hydrogen) atoms. The summed E-state index contributed by atoms with van der Waals surface area (Å²) in [6, 6.07) is 15.1. The summed E-state index contributed by atoms with van der Waals surface area (Å²) in [4.78, 5) is 15.1. The monoisotopic (exact) mass is 487 g/mol. The number of rotatable bonds is 8. The van der Waals surface area contributed by atoms with E-state index in [4.69, 9.17) is 15.1 Å². The van der Waals surface area contributed by atoms with Crippen LogP contribution in [-0.2, 0) is 0 Å². The van der Waals surface area contributed by atoms with E-state index in [1.54, 1.807) is 44.4 Å². The van der Waals surface area contributed by atoms with Crippen LogP contribution < -0.4 is 20.8 Å². The van der Waals surface area contributed by atoms with Gasteiger partial charge in [0.05, 0.1) is 12.8 Å². The highest BCUT2D eigenvalue weighted by atomic mass is 16.6. The van der Waals surface area contributed by atoms with Gasteiger partial charge in [0.1, 0.15) is 11.4 Å². The Morgan fingerprint density at radius 1 is 1.19 bits per heavy atom. The van der Waals surface area contributed by atoms with Crippen LogP contribution in [-0.4, -0.2) is 58.1 Å². The zero-order valence-electron chi connectivity index (χ0n) is 20.2. The summed E-state index contributed by atoms with van der Waals surface area (Å²) in [5.41, 5.74) is 12.0. The Labute approximate surface area is 207 Å². The Morgan fingerprint density at radius 2 is 1.97 bits per heavy atom. The van der Waals surface area contributed by atoms with Crippen LogP contribution in [0.15, 0.2) is 64.3 Å². The first kappa shape index (κ1) is 24.1. The number of ether oxygens (including phenoxy) is 1. The van der Waals surface area contributed by atoms with Crippen LogP contribution >= 0.6 is 0 Å². The van der Waals surface area contributed by atoms with Crippen LogP contribution in [0.3, 0.4) is 0 Å². The van der Waals surface area contributed by atoms with Crippen LogP contribution in [0.5, 0.6) is 5.75 Å². The molecule has 2 aromatic carbocycles. The van der Waals surface area contributed by atoms with E-state index in [-0.39, 0.29) is 17.3 Å². The molecule has 1 amide bonds. The van der Waals surface area contributed by atoms with Gasteiger partial charge in [-0.25, -0.2) is 10.1 Å². The largest absolute Gasteiger partial charge is 0.497 e. The van der Waals surface area contributed by atoms with Gasteiger partial charge in [-0.1, -0.05) is 35.6 Å². The van der Waals surface area contributed by atoms with Crippen LogP contribution in [0.4, 0.5) is 11.5 Å². The molecule has 0 spiro atoms. The molecule has 4 aromatic rings. The number of hydrogen-bond acceptors (Lipinski definition) is 10. The van der Waals surface area contributed by atoms with Gasteiger partial charge in [0.2, 0.25) is 11.6 Å². The number of hydrogen-bond donors (Lipinski definition) is 2. The minimum Gasteiger partial charge on any atom is -0.497 e. The molecule has 12 heteroatoms. The maximum absolute atomic E-state index is 13.1. The average molecular weight is 488 g/mol. The lowest BCUT2D eigenvalue weighted by atomic mass is 10.1. The van der Waals surface area contributed by atoms with Crippen molar-refractivity contribution >= 4 is 29.2 Å². The Hall–Kier alpha value is -5.00. The third-order valence-electron chi connectivity index (χ3n) is 5.18. The number of anilines is 2. The molecule has 2 aromatic heterocycles. The van der Waals surface area contributed by atoms with Crippen molar-refractivity contribution in [1.29, 1.82) is 0 Å². The predicted octanol–water partition coefficient (Wildman–Crippen LogP) is 2.79.